The molecule has 1 heterocycles. The second kappa shape index (κ2) is 5.20. The van der Waals surface area contributed by atoms with Gasteiger partial charge >= 0.3 is 5.97 Å². The first-order valence-corrected chi connectivity index (χ1v) is 7.40. The molecule has 0 aromatic heterocycles. The quantitative estimate of drug-likeness (QED) is 0.822. The number of carboxylic acids is 1. The molecule has 0 bridgehead atoms. The number of hydrogen-bond donors (Lipinski definition) is 1. The van der Waals surface area contributed by atoms with E-state index in [-0.39, 0.29) is 11.5 Å². The Labute approximate surface area is 111 Å². The van der Waals surface area contributed by atoms with Crippen LogP contribution in [0.15, 0.2) is 0 Å². The fraction of sp³-hybridized carbons (Fsp3) is 0.933. The van der Waals surface area contributed by atoms with E-state index in [1.54, 1.807) is 0 Å². The topological polar surface area (TPSA) is 40.5 Å². The monoisotopic (exact) mass is 253 g/mol. The first-order chi connectivity index (χ1) is 8.41. The van der Waals surface area contributed by atoms with Crippen molar-refractivity contribution in [1.29, 1.82) is 0 Å². The molecule has 0 spiro atoms. The van der Waals surface area contributed by atoms with Gasteiger partial charge in [-0.3, -0.25) is 9.69 Å². The van der Waals surface area contributed by atoms with Gasteiger partial charge in [-0.15, -0.1) is 0 Å². The van der Waals surface area contributed by atoms with Crippen LogP contribution < -0.4 is 0 Å². The number of aliphatic carboxylic acids is 1. The van der Waals surface area contributed by atoms with E-state index < -0.39 is 5.97 Å². The highest BCUT2D eigenvalue weighted by Crippen LogP contribution is 2.42. The fourth-order valence-corrected chi connectivity index (χ4v) is 3.97. The molecule has 2 rings (SSSR count). The summed E-state index contributed by atoms with van der Waals surface area (Å²) < 4.78 is 0. The maximum Gasteiger partial charge on any atom is 0.320 e. The molecule has 18 heavy (non-hydrogen) atoms. The Morgan fingerprint density at radius 1 is 1.11 bits per heavy atom. The summed E-state index contributed by atoms with van der Waals surface area (Å²) in [5.74, 6) is 0.0249. The van der Waals surface area contributed by atoms with E-state index in [2.05, 4.69) is 25.7 Å². The van der Waals surface area contributed by atoms with Crippen LogP contribution in [-0.4, -0.2) is 34.6 Å². The molecule has 1 aliphatic carbocycles. The maximum absolute atomic E-state index is 11.4. The Hall–Kier alpha value is -0.570. The van der Waals surface area contributed by atoms with E-state index in [1.807, 2.05) is 0 Å². The summed E-state index contributed by atoms with van der Waals surface area (Å²) in [6, 6.07) is 0.264. The van der Waals surface area contributed by atoms with Crippen molar-refractivity contribution >= 4 is 5.97 Å². The lowest BCUT2D eigenvalue weighted by Gasteiger charge is -2.45. The molecule has 1 saturated carbocycles. The van der Waals surface area contributed by atoms with E-state index >= 15 is 0 Å². The number of rotatable bonds is 2. The molecular formula is C15H27NO2. The third kappa shape index (κ3) is 2.71. The zero-order valence-electron chi connectivity index (χ0n) is 12.0. The van der Waals surface area contributed by atoms with E-state index in [1.165, 1.54) is 25.7 Å². The molecule has 3 heteroatoms. The zero-order chi connectivity index (χ0) is 13.3. The van der Waals surface area contributed by atoms with Gasteiger partial charge in [0.25, 0.3) is 0 Å². The van der Waals surface area contributed by atoms with Crippen molar-refractivity contribution < 1.29 is 9.90 Å². The van der Waals surface area contributed by atoms with E-state index in [4.69, 9.17) is 0 Å². The SMILES string of the molecule is CC(C)(C)C1CCCCC1N1CCCC1C(=O)O. The lowest BCUT2D eigenvalue weighted by atomic mass is 9.69. The molecule has 0 aromatic carbocycles. The number of carboxylic acid groups (broad SMARTS) is 1. The lowest BCUT2D eigenvalue weighted by Crippen LogP contribution is -2.50. The summed E-state index contributed by atoms with van der Waals surface area (Å²) in [6.45, 7) is 7.90. The van der Waals surface area contributed by atoms with Crippen molar-refractivity contribution in [3.8, 4) is 0 Å². The molecule has 1 N–H and O–H groups in total. The molecule has 3 nitrogen and oxygen atoms in total. The van der Waals surface area contributed by atoms with Gasteiger partial charge in [0, 0.05) is 6.04 Å². The Morgan fingerprint density at radius 3 is 2.39 bits per heavy atom. The Balaban J connectivity index is 2.16. The minimum absolute atomic E-state index is 0.224. The standard InChI is InChI=1S/C15H27NO2/c1-15(2,3)11-7-4-5-8-12(11)16-10-6-9-13(16)14(17)18/h11-13H,4-10H2,1-3H3,(H,17,18). The Morgan fingerprint density at radius 2 is 1.78 bits per heavy atom. The van der Waals surface area contributed by atoms with Crippen LogP contribution in [0.3, 0.4) is 0 Å². The van der Waals surface area contributed by atoms with Crippen molar-refractivity contribution in [2.45, 2.75) is 71.4 Å². The first-order valence-electron chi connectivity index (χ1n) is 7.40. The number of hydrogen-bond acceptors (Lipinski definition) is 2. The average Bonchev–Trinajstić information content (AvgIpc) is 2.76. The first kappa shape index (κ1) is 13.9. The highest BCUT2D eigenvalue weighted by Gasteiger charge is 2.42. The van der Waals surface area contributed by atoms with Gasteiger partial charge in [0.15, 0.2) is 0 Å². The second-order valence-electron chi connectivity index (χ2n) is 7.06. The van der Waals surface area contributed by atoms with Gasteiger partial charge in [-0.25, -0.2) is 0 Å². The summed E-state index contributed by atoms with van der Waals surface area (Å²) in [6.07, 6.45) is 6.90. The molecule has 2 fully saturated rings. The van der Waals surface area contributed by atoms with E-state index in [9.17, 15) is 9.90 Å². The molecule has 0 aromatic rings. The summed E-state index contributed by atoms with van der Waals surface area (Å²) in [5, 5.41) is 9.36. The largest absolute Gasteiger partial charge is 0.480 e. The molecule has 1 aliphatic heterocycles. The Kier molecular flexibility index (Phi) is 4.00. The molecule has 3 unspecified atom stereocenters. The van der Waals surface area contributed by atoms with Crippen LogP contribution in [0.25, 0.3) is 0 Å². The third-order valence-electron chi connectivity index (χ3n) is 4.85. The molecule has 0 amide bonds. The van der Waals surface area contributed by atoms with Gasteiger partial charge in [-0.05, 0) is 43.6 Å². The normalized spacial score (nSPS) is 34.7. The van der Waals surface area contributed by atoms with Crippen molar-refractivity contribution in [3.05, 3.63) is 0 Å². The molecule has 1 saturated heterocycles. The highest BCUT2D eigenvalue weighted by atomic mass is 16.4. The van der Waals surface area contributed by atoms with Crippen molar-refractivity contribution in [3.63, 3.8) is 0 Å². The number of likely N-dealkylation sites (tertiary alicyclic amines) is 1. The van der Waals surface area contributed by atoms with Crippen LogP contribution in [0.1, 0.15) is 59.3 Å². The van der Waals surface area contributed by atoms with Crippen molar-refractivity contribution in [2.24, 2.45) is 11.3 Å². The Bertz CT molecular complexity index is 308. The number of carbonyl (C=O) groups is 1. The van der Waals surface area contributed by atoms with Crippen LogP contribution in [-0.2, 0) is 4.79 Å². The molecular weight excluding hydrogens is 226 g/mol. The van der Waals surface area contributed by atoms with Gasteiger partial charge < -0.3 is 5.11 Å². The van der Waals surface area contributed by atoms with Crippen LogP contribution in [0.2, 0.25) is 0 Å². The fourth-order valence-electron chi connectivity index (χ4n) is 3.97. The summed E-state index contributed by atoms with van der Waals surface area (Å²) in [5.41, 5.74) is 0.288. The maximum atomic E-state index is 11.4. The molecule has 3 atom stereocenters. The molecule has 0 radical (unpaired) electrons. The zero-order valence-corrected chi connectivity index (χ0v) is 12.0. The van der Waals surface area contributed by atoms with Gasteiger partial charge in [-0.1, -0.05) is 33.6 Å². The number of nitrogens with zero attached hydrogens (tertiary/aromatic N) is 1. The van der Waals surface area contributed by atoms with Crippen molar-refractivity contribution in [1.82, 2.24) is 4.90 Å². The van der Waals surface area contributed by atoms with Gasteiger partial charge in [0.05, 0.1) is 0 Å². The highest BCUT2D eigenvalue weighted by molar-refractivity contribution is 5.73. The van der Waals surface area contributed by atoms with Gasteiger partial charge in [-0.2, -0.15) is 0 Å². The minimum atomic E-state index is -0.620. The summed E-state index contributed by atoms with van der Waals surface area (Å²) in [7, 11) is 0. The predicted molar refractivity (Wildman–Crippen MR) is 72.6 cm³/mol. The van der Waals surface area contributed by atoms with Crippen LogP contribution in [0, 0.1) is 11.3 Å². The molecule has 104 valence electrons. The van der Waals surface area contributed by atoms with Crippen LogP contribution in [0.4, 0.5) is 0 Å². The summed E-state index contributed by atoms with van der Waals surface area (Å²) >= 11 is 0. The van der Waals surface area contributed by atoms with Crippen LogP contribution in [0.5, 0.6) is 0 Å². The van der Waals surface area contributed by atoms with Crippen LogP contribution >= 0.6 is 0 Å². The minimum Gasteiger partial charge on any atom is -0.480 e. The van der Waals surface area contributed by atoms with E-state index in [0.717, 1.165) is 19.4 Å². The average molecular weight is 253 g/mol. The lowest BCUT2D eigenvalue weighted by molar-refractivity contribution is -0.144. The van der Waals surface area contributed by atoms with Gasteiger partial charge in [0.1, 0.15) is 6.04 Å². The third-order valence-corrected chi connectivity index (χ3v) is 4.85. The molecule has 2 aliphatic rings. The van der Waals surface area contributed by atoms with E-state index in [0.29, 0.717) is 12.0 Å². The predicted octanol–water partition coefficient (Wildman–Crippen LogP) is 3.14. The second-order valence-corrected chi connectivity index (χ2v) is 7.06. The van der Waals surface area contributed by atoms with Crippen molar-refractivity contribution in [2.75, 3.05) is 6.54 Å². The van der Waals surface area contributed by atoms with Gasteiger partial charge in [0.2, 0.25) is 0 Å². The summed E-state index contributed by atoms with van der Waals surface area (Å²) in [4.78, 5) is 13.7. The smallest absolute Gasteiger partial charge is 0.320 e.